The molecule has 0 saturated carbocycles. The van der Waals surface area contributed by atoms with Gasteiger partial charge in [-0.25, -0.2) is 4.98 Å². The first-order valence-corrected chi connectivity index (χ1v) is 7.00. The third-order valence-corrected chi connectivity index (χ3v) is 3.67. The van der Waals surface area contributed by atoms with Crippen molar-refractivity contribution in [3.05, 3.63) is 40.0 Å². The molecule has 0 saturated heterocycles. The van der Waals surface area contributed by atoms with E-state index in [1.54, 1.807) is 18.2 Å². The molecule has 20 heavy (non-hydrogen) atoms. The Morgan fingerprint density at radius 1 is 1.40 bits per heavy atom. The van der Waals surface area contributed by atoms with Crippen molar-refractivity contribution in [2.24, 2.45) is 0 Å². The maximum absolute atomic E-state index is 11.9. The zero-order chi connectivity index (χ0) is 14.1. The molecule has 0 amide bonds. The number of thiophene rings is 1. The molecule has 0 atom stereocenters. The predicted octanol–water partition coefficient (Wildman–Crippen LogP) is 2.76. The van der Waals surface area contributed by atoms with Crippen molar-refractivity contribution in [1.29, 1.82) is 0 Å². The molecule has 0 spiro atoms. The lowest BCUT2D eigenvalue weighted by atomic mass is 10.2. The van der Waals surface area contributed by atoms with E-state index in [1.165, 1.54) is 17.4 Å². The third-order valence-electron chi connectivity index (χ3n) is 2.87. The van der Waals surface area contributed by atoms with Crippen LogP contribution in [0.4, 0.5) is 0 Å². The number of fused-ring (bicyclic) bond motifs is 1. The SMILES string of the molecule is CCOc1cc(-c2nc3sccc3c(=O)[nH]2)ccc1O. The first kappa shape index (κ1) is 12.7. The van der Waals surface area contributed by atoms with Crippen molar-refractivity contribution in [2.75, 3.05) is 6.61 Å². The van der Waals surface area contributed by atoms with Gasteiger partial charge < -0.3 is 14.8 Å². The summed E-state index contributed by atoms with van der Waals surface area (Å²) in [6, 6.07) is 6.63. The lowest BCUT2D eigenvalue weighted by molar-refractivity contribution is 0.318. The number of aromatic nitrogens is 2. The number of H-pyrrole nitrogens is 1. The standard InChI is InChI=1S/C14H12N2O3S/c1-2-19-11-7-8(3-4-10(11)17)12-15-13(18)9-5-6-20-14(9)16-12/h3-7,17H,2H2,1H3,(H,15,16,18). The van der Waals surface area contributed by atoms with Crippen LogP contribution in [0.2, 0.25) is 0 Å². The van der Waals surface area contributed by atoms with Gasteiger partial charge >= 0.3 is 0 Å². The van der Waals surface area contributed by atoms with Crippen LogP contribution in [0.15, 0.2) is 34.4 Å². The van der Waals surface area contributed by atoms with Gasteiger partial charge in [0.05, 0.1) is 12.0 Å². The van der Waals surface area contributed by atoms with E-state index in [4.69, 9.17) is 4.74 Å². The van der Waals surface area contributed by atoms with Gasteiger partial charge in [0.25, 0.3) is 5.56 Å². The number of phenols is 1. The van der Waals surface area contributed by atoms with Gasteiger partial charge in [0.2, 0.25) is 0 Å². The molecule has 0 aliphatic rings. The van der Waals surface area contributed by atoms with Crippen molar-refractivity contribution in [1.82, 2.24) is 9.97 Å². The highest BCUT2D eigenvalue weighted by molar-refractivity contribution is 7.16. The lowest BCUT2D eigenvalue weighted by Gasteiger charge is -2.08. The summed E-state index contributed by atoms with van der Waals surface area (Å²) in [7, 11) is 0. The molecular weight excluding hydrogens is 276 g/mol. The second-order valence-electron chi connectivity index (χ2n) is 4.17. The summed E-state index contributed by atoms with van der Waals surface area (Å²) in [6.07, 6.45) is 0. The topological polar surface area (TPSA) is 75.2 Å². The monoisotopic (exact) mass is 288 g/mol. The Morgan fingerprint density at radius 3 is 3.05 bits per heavy atom. The molecule has 0 bridgehead atoms. The fourth-order valence-corrected chi connectivity index (χ4v) is 2.70. The van der Waals surface area contributed by atoms with E-state index in [0.717, 1.165) is 0 Å². The summed E-state index contributed by atoms with van der Waals surface area (Å²) in [4.78, 5) is 19.8. The summed E-state index contributed by atoms with van der Waals surface area (Å²) < 4.78 is 5.33. The van der Waals surface area contributed by atoms with E-state index in [2.05, 4.69) is 9.97 Å². The van der Waals surface area contributed by atoms with Crippen LogP contribution < -0.4 is 10.3 Å². The Hall–Kier alpha value is -2.34. The minimum absolute atomic E-state index is 0.0650. The van der Waals surface area contributed by atoms with E-state index >= 15 is 0 Å². The van der Waals surface area contributed by atoms with Gasteiger partial charge in [-0.05, 0) is 36.6 Å². The Bertz CT molecular complexity index is 823. The largest absolute Gasteiger partial charge is 0.504 e. The number of aromatic hydroxyl groups is 1. The zero-order valence-electron chi connectivity index (χ0n) is 10.7. The fourth-order valence-electron chi connectivity index (χ4n) is 1.93. The van der Waals surface area contributed by atoms with Crippen molar-refractivity contribution in [2.45, 2.75) is 6.92 Å². The highest BCUT2D eigenvalue weighted by atomic mass is 32.1. The summed E-state index contributed by atoms with van der Waals surface area (Å²) in [5.41, 5.74) is 0.524. The van der Waals surface area contributed by atoms with Gasteiger partial charge in [-0.2, -0.15) is 0 Å². The van der Waals surface area contributed by atoms with Crippen molar-refractivity contribution in [3.63, 3.8) is 0 Å². The van der Waals surface area contributed by atoms with Gasteiger partial charge in [-0.1, -0.05) is 0 Å². The van der Waals surface area contributed by atoms with Crippen LogP contribution >= 0.6 is 11.3 Å². The van der Waals surface area contributed by atoms with Gasteiger partial charge in [0.15, 0.2) is 11.5 Å². The molecule has 2 aromatic heterocycles. The minimum Gasteiger partial charge on any atom is -0.504 e. The number of hydrogen-bond acceptors (Lipinski definition) is 5. The molecule has 1 aromatic carbocycles. The van der Waals surface area contributed by atoms with Crippen LogP contribution in [0.5, 0.6) is 11.5 Å². The Morgan fingerprint density at radius 2 is 2.25 bits per heavy atom. The molecular formula is C14H12N2O3S. The predicted molar refractivity (Wildman–Crippen MR) is 78.5 cm³/mol. The van der Waals surface area contributed by atoms with Gasteiger partial charge in [-0.3, -0.25) is 4.79 Å². The Labute approximate surface area is 118 Å². The number of benzene rings is 1. The highest BCUT2D eigenvalue weighted by Crippen LogP contribution is 2.30. The molecule has 6 heteroatoms. The van der Waals surface area contributed by atoms with Crippen molar-refractivity contribution < 1.29 is 9.84 Å². The summed E-state index contributed by atoms with van der Waals surface area (Å²) in [5, 5.41) is 12.1. The molecule has 0 unspecified atom stereocenters. The molecule has 0 aliphatic carbocycles. The number of nitrogens with one attached hydrogen (secondary N) is 1. The first-order valence-electron chi connectivity index (χ1n) is 6.12. The Kier molecular flexibility index (Phi) is 3.15. The van der Waals surface area contributed by atoms with E-state index < -0.39 is 0 Å². The van der Waals surface area contributed by atoms with E-state index in [1.807, 2.05) is 12.3 Å². The van der Waals surface area contributed by atoms with Crippen LogP contribution in [0.3, 0.4) is 0 Å². The molecule has 2 heterocycles. The molecule has 0 radical (unpaired) electrons. The molecule has 0 fully saturated rings. The maximum Gasteiger partial charge on any atom is 0.259 e. The quantitative estimate of drug-likeness (QED) is 0.777. The summed E-state index contributed by atoms with van der Waals surface area (Å²) >= 11 is 1.42. The average molecular weight is 288 g/mol. The van der Waals surface area contributed by atoms with Gasteiger partial charge in [0, 0.05) is 5.56 Å². The van der Waals surface area contributed by atoms with Crippen LogP contribution in [0.25, 0.3) is 21.6 Å². The maximum atomic E-state index is 11.9. The number of nitrogens with zero attached hydrogens (tertiary/aromatic N) is 1. The summed E-state index contributed by atoms with van der Waals surface area (Å²) in [5.74, 6) is 0.903. The number of hydrogen-bond donors (Lipinski definition) is 2. The molecule has 102 valence electrons. The Balaban J connectivity index is 2.15. The van der Waals surface area contributed by atoms with Crippen LogP contribution in [-0.4, -0.2) is 21.7 Å². The van der Waals surface area contributed by atoms with Gasteiger partial charge in [-0.15, -0.1) is 11.3 Å². The van der Waals surface area contributed by atoms with E-state index in [-0.39, 0.29) is 11.3 Å². The average Bonchev–Trinajstić information content (AvgIpc) is 2.90. The second-order valence-corrected chi connectivity index (χ2v) is 5.06. The minimum atomic E-state index is -0.169. The van der Waals surface area contributed by atoms with E-state index in [9.17, 15) is 9.90 Å². The van der Waals surface area contributed by atoms with Gasteiger partial charge in [0.1, 0.15) is 10.7 Å². The van der Waals surface area contributed by atoms with Crippen LogP contribution in [0, 0.1) is 0 Å². The zero-order valence-corrected chi connectivity index (χ0v) is 11.5. The number of rotatable bonds is 3. The molecule has 3 aromatic rings. The van der Waals surface area contributed by atoms with E-state index in [0.29, 0.717) is 34.0 Å². The first-order chi connectivity index (χ1) is 9.69. The van der Waals surface area contributed by atoms with Crippen LogP contribution in [-0.2, 0) is 0 Å². The molecule has 3 rings (SSSR count). The smallest absolute Gasteiger partial charge is 0.259 e. The number of ether oxygens (including phenoxy) is 1. The van der Waals surface area contributed by atoms with Crippen molar-refractivity contribution in [3.8, 4) is 22.9 Å². The lowest BCUT2D eigenvalue weighted by Crippen LogP contribution is -2.08. The normalized spacial score (nSPS) is 10.8. The second kappa shape index (κ2) is 4.97. The summed E-state index contributed by atoms with van der Waals surface area (Å²) in [6.45, 7) is 2.29. The van der Waals surface area contributed by atoms with Crippen LogP contribution in [0.1, 0.15) is 6.92 Å². The number of phenolic OH excluding ortho intramolecular Hbond substituents is 1. The highest BCUT2D eigenvalue weighted by Gasteiger charge is 2.10. The number of aromatic amines is 1. The fraction of sp³-hybridized carbons (Fsp3) is 0.143. The van der Waals surface area contributed by atoms with Crippen molar-refractivity contribution >= 4 is 21.6 Å². The molecule has 5 nitrogen and oxygen atoms in total. The molecule has 2 N–H and O–H groups in total. The third kappa shape index (κ3) is 2.14. The molecule has 0 aliphatic heterocycles.